The second-order valence-electron chi connectivity index (χ2n) is 6.13. The third kappa shape index (κ3) is 4.94. The number of pyridine rings is 1. The number of rotatable bonds is 8. The molecular formula is C21H20ClN7O3. The van der Waals surface area contributed by atoms with Crippen molar-refractivity contribution in [3.63, 3.8) is 0 Å². The van der Waals surface area contributed by atoms with Crippen LogP contribution >= 0.6 is 11.6 Å². The minimum absolute atomic E-state index is 0.0891. The molecule has 164 valence electrons. The first-order valence-corrected chi connectivity index (χ1v) is 9.45. The fraction of sp³-hybridized carbons (Fsp3) is 0.0476. The molecule has 11 heteroatoms. The minimum Gasteiger partial charge on any atom is -0.481 e. The van der Waals surface area contributed by atoms with Gasteiger partial charge in [-0.3, -0.25) is 4.90 Å². The number of amidine groups is 1. The van der Waals surface area contributed by atoms with Gasteiger partial charge in [-0.15, -0.1) is 10.2 Å². The van der Waals surface area contributed by atoms with E-state index in [1.54, 1.807) is 48.7 Å². The molecule has 0 fully saturated rings. The largest absolute Gasteiger partial charge is 0.481 e. The van der Waals surface area contributed by atoms with E-state index in [1.165, 1.54) is 18.1 Å². The first kappa shape index (κ1) is 22.5. The summed E-state index contributed by atoms with van der Waals surface area (Å²) in [5.41, 5.74) is 1.45. The normalized spacial score (nSPS) is 11.4. The zero-order valence-corrected chi connectivity index (χ0v) is 17.9. The summed E-state index contributed by atoms with van der Waals surface area (Å²) in [6, 6.07) is 10.4. The lowest BCUT2D eigenvalue weighted by molar-refractivity contribution is 0.230. The van der Waals surface area contributed by atoms with Gasteiger partial charge in [0, 0.05) is 23.9 Å². The topological polar surface area (TPSA) is 138 Å². The number of anilines is 1. The molecule has 0 saturated heterocycles. The number of aromatic nitrogens is 3. The van der Waals surface area contributed by atoms with Crippen molar-refractivity contribution in [3.8, 4) is 17.3 Å². The Bertz CT molecular complexity index is 1190. The van der Waals surface area contributed by atoms with Crippen LogP contribution in [-0.2, 0) is 4.84 Å². The monoisotopic (exact) mass is 453 g/mol. The number of hydrogen-bond acceptors (Lipinski definition) is 9. The Morgan fingerprint density at radius 3 is 2.72 bits per heavy atom. The van der Waals surface area contributed by atoms with Gasteiger partial charge in [-0.05, 0) is 24.3 Å². The molecule has 0 saturated carbocycles. The molecule has 0 aliphatic carbocycles. The van der Waals surface area contributed by atoms with E-state index < -0.39 is 0 Å². The summed E-state index contributed by atoms with van der Waals surface area (Å²) in [5, 5.41) is 12.3. The Hall–Kier alpha value is -4.15. The quantitative estimate of drug-likeness (QED) is 0.131. The van der Waals surface area contributed by atoms with E-state index in [0.29, 0.717) is 22.2 Å². The highest BCUT2D eigenvalue weighted by atomic mass is 35.5. The van der Waals surface area contributed by atoms with Crippen LogP contribution in [0.4, 0.5) is 5.69 Å². The van der Waals surface area contributed by atoms with Crippen molar-refractivity contribution >= 4 is 29.2 Å². The highest BCUT2D eigenvalue weighted by Crippen LogP contribution is 2.30. The molecule has 2 heterocycles. The molecule has 32 heavy (non-hydrogen) atoms. The van der Waals surface area contributed by atoms with Crippen molar-refractivity contribution in [2.24, 2.45) is 16.8 Å². The van der Waals surface area contributed by atoms with E-state index in [9.17, 15) is 0 Å². The van der Waals surface area contributed by atoms with Crippen LogP contribution in [-0.4, -0.2) is 28.1 Å². The van der Waals surface area contributed by atoms with Crippen LogP contribution in [0.1, 0.15) is 5.89 Å². The van der Waals surface area contributed by atoms with Crippen molar-refractivity contribution in [2.45, 2.75) is 0 Å². The predicted octanol–water partition coefficient (Wildman–Crippen LogP) is 3.50. The summed E-state index contributed by atoms with van der Waals surface area (Å²) < 4.78 is 10.8. The first-order valence-electron chi connectivity index (χ1n) is 9.08. The molecule has 1 aromatic carbocycles. The maximum atomic E-state index is 6.36. The summed E-state index contributed by atoms with van der Waals surface area (Å²) in [6.45, 7) is 7.68. The predicted molar refractivity (Wildman–Crippen MR) is 122 cm³/mol. The zero-order chi connectivity index (χ0) is 23.1. The molecule has 0 spiro atoms. The fourth-order valence-electron chi connectivity index (χ4n) is 2.63. The van der Waals surface area contributed by atoms with Crippen molar-refractivity contribution < 1.29 is 14.0 Å². The van der Waals surface area contributed by atoms with Gasteiger partial charge in [-0.25, -0.2) is 4.98 Å². The molecule has 0 aliphatic heterocycles. The number of ether oxygens (including phenoxy) is 1. The number of methoxy groups -OCH3 is 1. The highest BCUT2D eigenvalue weighted by molar-refractivity contribution is 6.34. The number of nitrogens with two attached hydrogens (primary N) is 2. The van der Waals surface area contributed by atoms with Crippen molar-refractivity contribution in [1.29, 1.82) is 0 Å². The Balaban J connectivity index is 1.92. The number of para-hydroxylation sites is 1. The van der Waals surface area contributed by atoms with Crippen molar-refractivity contribution in [2.75, 3.05) is 12.0 Å². The standard InChI is InChI=1S/C21H20ClN7O3/c1-13(14(2)32-24)29(17-7-5-4-6-16(17)22)18(26-23)8-9-19-27-28-21(31-19)15-10-11-25-20(12-15)30-3/h4-12H,1-2,23-24H2,3H3/b9-8+,26-18-. The summed E-state index contributed by atoms with van der Waals surface area (Å²) in [5.74, 6) is 12.1. The number of benzene rings is 1. The molecule has 10 nitrogen and oxygen atoms in total. The van der Waals surface area contributed by atoms with Crippen LogP contribution in [0, 0.1) is 0 Å². The lowest BCUT2D eigenvalue weighted by atomic mass is 10.2. The SMILES string of the molecule is C=C(ON)C(=C)N(C(/C=C/c1nnc(-c2ccnc(OC)c2)o1)=N\N)c1ccccc1Cl. The van der Waals surface area contributed by atoms with Gasteiger partial charge in [0.15, 0.2) is 11.6 Å². The van der Waals surface area contributed by atoms with Gasteiger partial charge in [0.2, 0.25) is 17.7 Å². The van der Waals surface area contributed by atoms with Gasteiger partial charge in [-0.1, -0.05) is 36.9 Å². The molecular weight excluding hydrogens is 434 g/mol. The number of halogens is 1. The smallest absolute Gasteiger partial charge is 0.248 e. The van der Waals surface area contributed by atoms with Crippen LogP contribution < -0.4 is 21.4 Å². The fourth-order valence-corrected chi connectivity index (χ4v) is 2.85. The number of hydrazone groups is 1. The lowest BCUT2D eigenvalue weighted by Crippen LogP contribution is -2.31. The second-order valence-corrected chi connectivity index (χ2v) is 6.53. The molecule has 3 rings (SSSR count). The third-order valence-electron chi connectivity index (χ3n) is 4.20. The average molecular weight is 454 g/mol. The van der Waals surface area contributed by atoms with Gasteiger partial charge >= 0.3 is 0 Å². The third-order valence-corrected chi connectivity index (χ3v) is 4.51. The Labute approximate surface area is 189 Å². The zero-order valence-electron chi connectivity index (χ0n) is 17.1. The van der Waals surface area contributed by atoms with Gasteiger partial charge in [0.25, 0.3) is 0 Å². The Morgan fingerprint density at radius 1 is 1.25 bits per heavy atom. The molecule has 0 amide bonds. The van der Waals surface area contributed by atoms with Crippen LogP contribution in [0.25, 0.3) is 17.5 Å². The highest BCUT2D eigenvalue weighted by Gasteiger charge is 2.21. The molecule has 0 aliphatic rings. The minimum atomic E-state index is 0.0891. The van der Waals surface area contributed by atoms with E-state index in [0.717, 1.165) is 0 Å². The summed E-state index contributed by atoms with van der Waals surface area (Å²) in [7, 11) is 1.52. The van der Waals surface area contributed by atoms with E-state index in [2.05, 4.69) is 33.4 Å². The Morgan fingerprint density at radius 2 is 2.03 bits per heavy atom. The maximum absolute atomic E-state index is 6.36. The van der Waals surface area contributed by atoms with Gasteiger partial charge in [0.1, 0.15) is 0 Å². The van der Waals surface area contributed by atoms with Gasteiger partial charge < -0.3 is 19.8 Å². The van der Waals surface area contributed by atoms with Crippen molar-refractivity contribution in [3.05, 3.63) is 84.2 Å². The van der Waals surface area contributed by atoms with E-state index in [1.807, 2.05) is 0 Å². The van der Waals surface area contributed by atoms with Crippen LogP contribution in [0.5, 0.6) is 5.88 Å². The van der Waals surface area contributed by atoms with E-state index >= 15 is 0 Å². The summed E-state index contributed by atoms with van der Waals surface area (Å²) in [4.78, 5) is 10.3. The molecule has 2 aromatic heterocycles. The molecule has 0 radical (unpaired) electrons. The van der Waals surface area contributed by atoms with Gasteiger partial charge in [0.05, 0.1) is 23.5 Å². The summed E-state index contributed by atoms with van der Waals surface area (Å²) in [6.07, 6.45) is 4.65. The first-order chi connectivity index (χ1) is 15.5. The number of hydrogen-bond donors (Lipinski definition) is 2. The maximum Gasteiger partial charge on any atom is 0.248 e. The van der Waals surface area contributed by atoms with Crippen LogP contribution in [0.2, 0.25) is 5.02 Å². The summed E-state index contributed by atoms with van der Waals surface area (Å²) >= 11 is 6.36. The van der Waals surface area contributed by atoms with Gasteiger partial charge in [-0.2, -0.15) is 11.0 Å². The molecule has 0 atom stereocenters. The van der Waals surface area contributed by atoms with Crippen molar-refractivity contribution in [1.82, 2.24) is 15.2 Å². The second kappa shape index (κ2) is 10.2. The lowest BCUT2D eigenvalue weighted by Gasteiger charge is -2.27. The average Bonchev–Trinajstić information content (AvgIpc) is 3.30. The van der Waals surface area contributed by atoms with E-state index in [-0.39, 0.29) is 29.1 Å². The van der Waals surface area contributed by atoms with Crippen LogP contribution in [0.15, 0.2) is 82.8 Å². The molecule has 0 bridgehead atoms. The molecule has 3 aromatic rings. The molecule has 0 unspecified atom stereocenters. The van der Waals surface area contributed by atoms with E-state index in [4.69, 9.17) is 37.3 Å². The number of nitrogens with zero attached hydrogens (tertiary/aromatic N) is 5. The Kier molecular flexibility index (Phi) is 7.21. The molecule has 4 N–H and O–H groups in total. The van der Waals surface area contributed by atoms with Crippen LogP contribution in [0.3, 0.4) is 0 Å².